The Morgan fingerprint density at radius 1 is 0.459 bits per heavy atom. The van der Waals surface area contributed by atoms with E-state index in [1.54, 1.807) is 0 Å². The summed E-state index contributed by atoms with van der Waals surface area (Å²) in [5.41, 5.74) is -17.2. The predicted molar refractivity (Wildman–Crippen MR) is 67.8 cm³/mol. The molecular weight excluding hydrogens is 600 g/mol. The molecule has 0 aromatic rings. The fraction of sp³-hybridized carbons (Fsp3) is 0.769. The Balaban J connectivity index is 7.57. The highest BCUT2D eigenvalue weighted by atomic mass is 19.4. The van der Waals surface area contributed by atoms with Crippen molar-refractivity contribution in [3.63, 3.8) is 0 Å². The number of halogens is 20. The van der Waals surface area contributed by atoms with E-state index in [1.165, 1.54) is 0 Å². The topological polar surface area (TPSA) is 71.4 Å². The van der Waals surface area contributed by atoms with E-state index in [9.17, 15) is 102 Å². The molecule has 0 heterocycles. The van der Waals surface area contributed by atoms with Crippen molar-refractivity contribution in [1.82, 2.24) is 0 Å². The zero-order chi connectivity index (χ0) is 30.8. The number of carbonyl (C=O) groups is 3. The quantitative estimate of drug-likeness (QED) is 0.412. The summed E-state index contributed by atoms with van der Waals surface area (Å²) < 4.78 is 260. The van der Waals surface area contributed by atoms with Crippen molar-refractivity contribution >= 4 is 17.3 Å². The summed E-state index contributed by atoms with van der Waals surface area (Å²) in [6.45, 7) is 0. The van der Waals surface area contributed by atoms with Gasteiger partial charge >= 0.3 is 59.6 Å². The van der Waals surface area contributed by atoms with E-state index in [-0.39, 0.29) is 0 Å². The fourth-order valence-electron chi connectivity index (χ4n) is 2.17. The summed E-state index contributed by atoms with van der Waals surface area (Å²) in [4.78, 5) is 32.8. The van der Waals surface area contributed by atoms with Crippen molar-refractivity contribution in [3.05, 3.63) is 0 Å². The van der Waals surface area contributed by atoms with Crippen molar-refractivity contribution in [2.24, 2.45) is 0 Å². The SMILES string of the molecule is O=C(C(F)(F)F)C(F)(F)C(F)(C(=O)C(F)(F)C(F)(C(=O)C(F)(F)C(O)C(F)(F)F)C(F)(F)F)C(F)(F)F. The van der Waals surface area contributed by atoms with E-state index >= 15 is 0 Å². The van der Waals surface area contributed by atoms with Crippen molar-refractivity contribution in [3.8, 4) is 0 Å². The van der Waals surface area contributed by atoms with Crippen LogP contribution in [0.15, 0.2) is 0 Å². The van der Waals surface area contributed by atoms with E-state index in [1.807, 2.05) is 0 Å². The van der Waals surface area contributed by atoms with E-state index < -0.39 is 77.3 Å². The van der Waals surface area contributed by atoms with E-state index in [2.05, 4.69) is 0 Å². The van der Waals surface area contributed by atoms with Gasteiger partial charge in [0.25, 0.3) is 11.6 Å². The highest BCUT2D eigenvalue weighted by molar-refractivity contribution is 6.09. The molecule has 3 unspecified atom stereocenters. The third kappa shape index (κ3) is 5.03. The molecule has 218 valence electrons. The lowest BCUT2D eigenvalue weighted by Gasteiger charge is -2.40. The van der Waals surface area contributed by atoms with E-state index in [0.717, 1.165) is 0 Å². The summed E-state index contributed by atoms with van der Waals surface area (Å²) in [6, 6.07) is 0. The zero-order valence-electron chi connectivity index (χ0n) is 15.8. The maximum atomic E-state index is 14.2. The standard InChI is InChI=1S/C13H2F20O4/c14-5(15,2(35)10(22,23)24)1(34)6(16,12(28,29)30)8(18,19)3(36)7(17,13(31,32)33)9(20,21)4(37)11(25,26)27/h2,35H. The summed E-state index contributed by atoms with van der Waals surface area (Å²) in [5.74, 6) is -42.0. The summed E-state index contributed by atoms with van der Waals surface area (Å²) in [7, 11) is 0. The Kier molecular flexibility index (Phi) is 8.23. The number of aliphatic hydroxyl groups is 1. The van der Waals surface area contributed by atoms with Gasteiger partial charge in [0, 0.05) is 0 Å². The van der Waals surface area contributed by atoms with Gasteiger partial charge < -0.3 is 5.11 Å². The number of Topliss-reactive ketones (excluding diaryl/α,β-unsaturated/α-hetero) is 3. The summed E-state index contributed by atoms with van der Waals surface area (Å²) in [6.07, 6.45) is -37.2. The smallest absolute Gasteiger partial charge is 0.378 e. The first-order valence-electron chi connectivity index (χ1n) is 7.73. The molecule has 0 rings (SSSR count). The number of ketones is 3. The summed E-state index contributed by atoms with van der Waals surface area (Å²) in [5, 5.41) is 8.19. The lowest BCUT2D eigenvalue weighted by atomic mass is 9.77. The Morgan fingerprint density at radius 3 is 0.973 bits per heavy atom. The van der Waals surface area contributed by atoms with Crippen LogP contribution in [0, 0.1) is 0 Å². The van der Waals surface area contributed by atoms with Gasteiger partial charge in [-0.05, 0) is 0 Å². The molecule has 0 amide bonds. The molecule has 0 saturated carbocycles. The van der Waals surface area contributed by atoms with Crippen LogP contribution in [0.1, 0.15) is 0 Å². The third-order valence-electron chi connectivity index (χ3n) is 4.06. The molecule has 0 saturated heterocycles. The minimum atomic E-state index is -8.74. The van der Waals surface area contributed by atoms with Gasteiger partial charge in [-0.2, -0.15) is 79.0 Å². The first kappa shape index (κ1) is 34.6. The predicted octanol–water partition coefficient (Wildman–Crippen LogP) is 4.63. The third-order valence-corrected chi connectivity index (χ3v) is 4.06. The Bertz CT molecular complexity index is 922. The van der Waals surface area contributed by atoms with Crippen LogP contribution in [0.25, 0.3) is 0 Å². The number of carbonyl (C=O) groups excluding carboxylic acids is 3. The van der Waals surface area contributed by atoms with Crippen molar-refractivity contribution in [1.29, 1.82) is 0 Å². The molecule has 37 heavy (non-hydrogen) atoms. The maximum Gasteiger partial charge on any atom is 0.456 e. The minimum absolute atomic E-state index is 5.44. The molecule has 0 aromatic carbocycles. The van der Waals surface area contributed by atoms with Gasteiger partial charge in [0.2, 0.25) is 6.10 Å². The Morgan fingerprint density at radius 2 is 0.730 bits per heavy atom. The van der Waals surface area contributed by atoms with Gasteiger partial charge in [-0.1, -0.05) is 0 Å². The van der Waals surface area contributed by atoms with Crippen LogP contribution in [-0.2, 0) is 14.4 Å². The number of rotatable bonds is 8. The number of hydrogen-bond donors (Lipinski definition) is 1. The number of hydrogen-bond acceptors (Lipinski definition) is 4. The Hall–Kier alpha value is -2.43. The van der Waals surface area contributed by atoms with Crippen LogP contribution < -0.4 is 0 Å². The average Bonchev–Trinajstić information content (AvgIpc) is 2.66. The second-order valence-electron chi connectivity index (χ2n) is 6.51. The monoisotopic (exact) mass is 602 g/mol. The second-order valence-corrected chi connectivity index (χ2v) is 6.51. The highest BCUT2D eigenvalue weighted by Crippen LogP contribution is 2.57. The lowest BCUT2D eigenvalue weighted by molar-refractivity contribution is -0.320. The number of alkyl halides is 20. The minimum Gasteiger partial charge on any atom is -0.378 e. The molecule has 1 N–H and O–H groups in total. The van der Waals surface area contributed by atoms with E-state index in [0.29, 0.717) is 0 Å². The molecule has 4 nitrogen and oxygen atoms in total. The molecule has 0 aliphatic rings. The van der Waals surface area contributed by atoms with Crippen LogP contribution >= 0.6 is 0 Å². The van der Waals surface area contributed by atoms with E-state index in [4.69, 9.17) is 5.11 Å². The molecule has 0 aromatic heterocycles. The van der Waals surface area contributed by atoms with Crippen LogP contribution in [-0.4, -0.2) is 82.4 Å². The molecule has 0 bridgehead atoms. The van der Waals surface area contributed by atoms with Gasteiger partial charge in [-0.15, -0.1) is 0 Å². The van der Waals surface area contributed by atoms with Crippen molar-refractivity contribution in [2.45, 2.75) is 59.9 Å². The first-order chi connectivity index (χ1) is 15.6. The van der Waals surface area contributed by atoms with Crippen molar-refractivity contribution in [2.75, 3.05) is 0 Å². The molecule has 0 aliphatic carbocycles. The molecule has 0 radical (unpaired) electrons. The van der Waals surface area contributed by atoms with Crippen LogP contribution in [0.3, 0.4) is 0 Å². The maximum absolute atomic E-state index is 14.2. The van der Waals surface area contributed by atoms with Crippen molar-refractivity contribution < 1.29 is 107 Å². The molecule has 24 heteroatoms. The number of aliphatic hydroxyl groups excluding tert-OH is 1. The fourth-order valence-corrected chi connectivity index (χ4v) is 2.17. The van der Waals surface area contributed by atoms with Gasteiger partial charge in [0.05, 0.1) is 0 Å². The Labute approximate surface area is 186 Å². The molecule has 3 atom stereocenters. The molecule has 0 aliphatic heterocycles. The van der Waals surface area contributed by atoms with Crippen LogP contribution in [0.4, 0.5) is 87.8 Å². The van der Waals surface area contributed by atoms with Gasteiger partial charge in [-0.3, -0.25) is 14.4 Å². The lowest BCUT2D eigenvalue weighted by Crippen LogP contribution is -2.76. The molecule has 0 spiro atoms. The largest absolute Gasteiger partial charge is 0.456 e. The molecule has 0 fully saturated rings. The zero-order valence-corrected chi connectivity index (χ0v) is 15.8. The van der Waals surface area contributed by atoms with Crippen LogP contribution in [0.2, 0.25) is 0 Å². The summed E-state index contributed by atoms with van der Waals surface area (Å²) >= 11 is 0. The molecular formula is C13H2F20O4. The van der Waals surface area contributed by atoms with Gasteiger partial charge in [0.15, 0.2) is 0 Å². The highest BCUT2D eigenvalue weighted by Gasteiger charge is 2.91. The second kappa shape index (κ2) is 8.81. The normalized spacial score (nSPS) is 19.1. The first-order valence-corrected chi connectivity index (χ1v) is 7.73. The van der Waals surface area contributed by atoms with Crippen LogP contribution in [0.5, 0.6) is 0 Å². The van der Waals surface area contributed by atoms with Gasteiger partial charge in [0.1, 0.15) is 0 Å². The van der Waals surface area contributed by atoms with Gasteiger partial charge in [-0.25, -0.2) is 8.78 Å². The average molecular weight is 602 g/mol.